The first kappa shape index (κ1) is 15.5. The van der Waals surface area contributed by atoms with E-state index in [1.54, 1.807) is 0 Å². The van der Waals surface area contributed by atoms with Crippen molar-refractivity contribution in [2.45, 2.75) is 51.3 Å². The highest BCUT2D eigenvalue weighted by Gasteiger charge is 2.24. The van der Waals surface area contributed by atoms with Crippen molar-refractivity contribution in [3.8, 4) is 0 Å². The monoisotopic (exact) mass is 276 g/mol. The summed E-state index contributed by atoms with van der Waals surface area (Å²) < 4.78 is 5.85. The summed E-state index contributed by atoms with van der Waals surface area (Å²) in [5.41, 5.74) is 8.81. The van der Waals surface area contributed by atoms with E-state index in [1.165, 1.54) is 30.4 Å². The quantitative estimate of drug-likeness (QED) is 0.898. The third kappa shape index (κ3) is 4.05. The molecule has 1 aromatic carbocycles. The second-order valence-electron chi connectivity index (χ2n) is 6.14. The Hall–Kier alpha value is -0.900. The van der Waals surface area contributed by atoms with Crippen molar-refractivity contribution in [1.82, 2.24) is 4.90 Å². The van der Waals surface area contributed by atoms with Crippen LogP contribution in [-0.2, 0) is 4.74 Å². The number of benzene rings is 1. The van der Waals surface area contributed by atoms with E-state index in [4.69, 9.17) is 10.5 Å². The molecular weight excluding hydrogens is 248 g/mol. The molecule has 0 amide bonds. The van der Waals surface area contributed by atoms with E-state index in [9.17, 15) is 0 Å². The molecule has 3 nitrogen and oxygen atoms in total. The van der Waals surface area contributed by atoms with Gasteiger partial charge in [0.2, 0.25) is 0 Å². The Morgan fingerprint density at radius 3 is 2.55 bits per heavy atom. The summed E-state index contributed by atoms with van der Waals surface area (Å²) in [6, 6.07) is 9.07. The fourth-order valence-electron chi connectivity index (χ4n) is 3.11. The van der Waals surface area contributed by atoms with E-state index in [-0.39, 0.29) is 12.1 Å². The van der Waals surface area contributed by atoms with Gasteiger partial charge in [-0.15, -0.1) is 0 Å². The number of hydrogen-bond donors (Lipinski definition) is 1. The van der Waals surface area contributed by atoms with Gasteiger partial charge in [0.05, 0.1) is 6.10 Å². The summed E-state index contributed by atoms with van der Waals surface area (Å²) in [7, 11) is 2.16. The largest absolute Gasteiger partial charge is 0.377 e. The standard InChI is InChI=1S/C17H28N2O/c1-13-7-9-15(10-8-13)17(14(2)18)19(3)12-16-6-4-5-11-20-16/h7-10,14,16-17H,4-6,11-12,18H2,1-3H3. The lowest BCUT2D eigenvalue weighted by molar-refractivity contribution is -0.00985. The van der Waals surface area contributed by atoms with Crippen molar-refractivity contribution in [2.75, 3.05) is 20.2 Å². The molecule has 3 unspecified atom stereocenters. The Morgan fingerprint density at radius 2 is 2.00 bits per heavy atom. The van der Waals surface area contributed by atoms with Crippen LogP contribution >= 0.6 is 0 Å². The fourth-order valence-corrected chi connectivity index (χ4v) is 3.11. The Kier molecular flexibility index (Phi) is 5.58. The van der Waals surface area contributed by atoms with E-state index in [2.05, 4.69) is 50.1 Å². The molecule has 0 radical (unpaired) electrons. The van der Waals surface area contributed by atoms with Crippen LogP contribution in [0.25, 0.3) is 0 Å². The lowest BCUT2D eigenvalue weighted by Crippen LogP contribution is -2.42. The number of likely N-dealkylation sites (N-methyl/N-ethyl adjacent to an activating group) is 1. The molecule has 1 heterocycles. The van der Waals surface area contributed by atoms with Gasteiger partial charge in [-0.2, -0.15) is 0 Å². The maximum atomic E-state index is 6.23. The molecule has 3 heteroatoms. The average Bonchev–Trinajstić information content (AvgIpc) is 2.42. The van der Waals surface area contributed by atoms with Gasteiger partial charge in [-0.1, -0.05) is 29.8 Å². The van der Waals surface area contributed by atoms with Crippen molar-refractivity contribution in [3.05, 3.63) is 35.4 Å². The first-order chi connectivity index (χ1) is 9.58. The number of nitrogens with zero attached hydrogens (tertiary/aromatic N) is 1. The lowest BCUT2D eigenvalue weighted by Gasteiger charge is -2.35. The summed E-state index contributed by atoms with van der Waals surface area (Å²) in [4.78, 5) is 2.35. The zero-order valence-corrected chi connectivity index (χ0v) is 13.0. The molecule has 20 heavy (non-hydrogen) atoms. The number of nitrogens with two attached hydrogens (primary N) is 1. The van der Waals surface area contributed by atoms with Gasteiger partial charge in [-0.3, -0.25) is 4.90 Å². The average molecular weight is 276 g/mol. The molecule has 3 atom stereocenters. The fraction of sp³-hybridized carbons (Fsp3) is 0.647. The Balaban J connectivity index is 2.05. The number of ether oxygens (including phenoxy) is 1. The molecule has 1 aliphatic rings. The van der Waals surface area contributed by atoms with E-state index in [0.29, 0.717) is 6.10 Å². The molecule has 0 spiro atoms. The molecule has 0 aromatic heterocycles. The Labute approximate surface area is 123 Å². The van der Waals surface area contributed by atoms with E-state index in [1.807, 2.05) is 0 Å². The topological polar surface area (TPSA) is 38.5 Å². The minimum atomic E-state index is 0.103. The van der Waals surface area contributed by atoms with Crippen LogP contribution in [0.4, 0.5) is 0 Å². The zero-order chi connectivity index (χ0) is 14.5. The molecule has 1 fully saturated rings. The second kappa shape index (κ2) is 7.21. The van der Waals surface area contributed by atoms with E-state index < -0.39 is 0 Å². The molecule has 0 aliphatic carbocycles. The van der Waals surface area contributed by atoms with Crippen LogP contribution in [0.15, 0.2) is 24.3 Å². The molecular formula is C17H28N2O. The molecule has 0 bridgehead atoms. The van der Waals surface area contributed by atoms with E-state index in [0.717, 1.165) is 13.2 Å². The van der Waals surface area contributed by atoms with Crippen molar-refractivity contribution in [2.24, 2.45) is 5.73 Å². The molecule has 2 rings (SSSR count). The van der Waals surface area contributed by atoms with Crippen LogP contribution in [0.1, 0.15) is 43.4 Å². The van der Waals surface area contributed by atoms with Crippen molar-refractivity contribution in [1.29, 1.82) is 0 Å². The van der Waals surface area contributed by atoms with Gasteiger partial charge in [0, 0.05) is 25.2 Å². The van der Waals surface area contributed by atoms with Crippen LogP contribution in [0.3, 0.4) is 0 Å². The third-order valence-corrected chi connectivity index (χ3v) is 4.16. The number of aryl methyl sites for hydroxylation is 1. The second-order valence-corrected chi connectivity index (χ2v) is 6.14. The summed E-state index contributed by atoms with van der Waals surface area (Å²) in [6.07, 6.45) is 4.02. The van der Waals surface area contributed by atoms with Crippen LogP contribution in [0.2, 0.25) is 0 Å². The third-order valence-electron chi connectivity index (χ3n) is 4.16. The van der Waals surface area contributed by atoms with Gasteiger partial charge in [0.1, 0.15) is 0 Å². The smallest absolute Gasteiger partial charge is 0.0702 e. The molecule has 1 aromatic rings. The summed E-state index contributed by atoms with van der Waals surface area (Å²) in [5.74, 6) is 0. The maximum absolute atomic E-state index is 6.23. The highest BCUT2D eigenvalue weighted by molar-refractivity contribution is 5.25. The normalized spacial score (nSPS) is 22.8. The molecule has 2 N–H and O–H groups in total. The van der Waals surface area contributed by atoms with Crippen LogP contribution in [0, 0.1) is 6.92 Å². The number of rotatable bonds is 5. The SMILES string of the molecule is Cc1ccc(C(C(C)N)N(C)CC2CCCCO2)cc1. The molecule has 1 saturated heterocycles. The van der Waals surface area contributed by atoms with Crippen LogP contribution in [0.5, 0.6) is 0 Å². The molecule has 1 aliphatic heterocycles. The molecule has 112 valence electrons. The van der Waals surface area contributed by atoms with Crippen molar-refractivity contribution < 1.29 is 4.74 Å². The van der Waals surface area contributed by atoms with Crippen LogP contribution < -0.4 is 5.73 Å². The summed E-state index contributed by atoms with van der Waals surface area (Å²) >= 11 is 0. The number of hydrogen-bond acceptors (Lipinski definition) is 3. The van der Waals surface area contributed by atoms with Crippen molar-refractivity contribution in [3.63, 3.8) is 0 Å². The molecule has 0 saturated carbocycles. The zero-order valence-electron chi connectivity index (χ0n) is 13.0. The predicted molar refractivity (Wildman–Crippen MR) is 83.8 cm³/mol. The summed E-state index contributed by atoms with van der Waals surface area (Å²) in [5, 5.41) is 0. The predicted octanol–water partition coefficient (Wildman–Crippen LogP) is 2.88. The van der Waals surface area contributed by atoms with Gasteiger partial charge in [-0.05, 0) is 45.7 Å². The highest BCUT2D eigenvalue weighted by atomic mass is 16.5. The van der Waals surface area contributed by atoms with E-state index >= 15 is 0 Å². The minimum Gasteiger partial charge on any atom is -0.377 e. The van der Waals surface area contributed by atoms with Gasteiger partial charge >= 0.3 is 0 Å². The Bertz CT molecular complexity index is 396. The highest BCUT2D eigenvalue weighted by Crippen LogP contribution is 2.24. The van der Waals surface area contributed by atoms with Crippen molar-refractivity contribution >= 4 is 0 Å². The minimum absolute atomic E-state index is 0.103. The van der Waals surface area contributed by atoms with Gasteiger partial charge in [0.15, 0.2) is 0 Å². The van der Waals surface area contributed by atoms with Crippen LogP contribution in [-0.4, -0.2) is 37.2 Å². The first-order valence-electron chi connectivity index (χ1n) is 7.72. The van der Waals surface area contributed by atoms with Gasteiger partial charge in [0.25, 0.3) is 0 Å². The first-order valence-corrected chi connectivity index (χ1v) is 7.72. The Morgan fingerprint density at radius 1 is 1.30 bits per heavy atom. The lowest BCUT2D eigenvalue weighted by atomic mass is 9.97. The van der Waals surface area contributed by atoms with Gasteiger partial charge in [-0.25, -0.2) is 0 Å². The summed E-state index contributed by atoms with van der Waals surface area (Å²) in [6.45, 7) is 6.07. The maximum Gasteiger partial charge on any atom is 0.0702 e. The van der Waals surface area contributed by atoms with Gasteiger partial charge < -0.3 is 10.5 Å².